The fourth-order valence-electron chi connectivity index (χ4n) is 5.31. The van der Waals surface area contributed by atoms with Crippen LogP contribution in [0.2, 0.25) is 15.5 Å². The molecule has 7 nitrogen and oxygen atoms in total. The number of hydrogen-bond acceptors (Lipinski definition) is 4. The van der Waals surface area contributed by atoms with Crippen LogP contribution in [0.4, 0.5) is 8.78 Å². The van der Waals surface area contributed by atoms with E-state index in [0.717, 1.165) is 12.1 Å². The molecule has 39 heavy (non-hydrogen) atoms. The van der Waals surface area contributed by atoms with Crippen molar-refractivity contribution < 1.29 is 28.0 Å². The topological polar surface area (TPSA) is 95.6 Å². The highest BCUT2D eigenvalue weighted by Gasteiger charge is 2.64. The maximum absolute atomic E-state index is 14.9. The summed E-state index contributed by atoms with van der Waals surface area (Å²) in [6.45, 7) is 0.0740. The van der Waals surface area contributed by atoms with E-state index in [2.05, 4.69) is 10.6 Å². The van der Waals surface area contributed by atoms with Crippen LogP contribution in [0.25, 0.3) is 0 Å². The van der Waals surface area contributed by atoms with Crippen molar-refractivity contribution in [1.82, 2.24) is 15.5 Å². The Morgan fingerprint density at radius 2 is 1.51 bits per heavy atom. The lowest BCUT2D eigenvalue weighted by Crippen LogP contribution is -2.75. The molecular formula is C22H25B7ClF2N3O4. The number of hydrogen-bond donors (Lipinski definition) is 2. The molecule has 0 unspecified atom stereocenters. The largest absolute Gasteiger partial charge is 0.357 e. The van der Waals surface area contributed by atoms with Crippen LogP contribution < -0.4 is 10.6 Å². The fraction of sp³-hybridized carbons (Fsp3) is 0.273. The summed E-state index contributed by atoms with van der Waals surface area (Å²) in [6.07, 6.45) is 0. The SMILES string of the molecule is BC(B)(NC(=O)C(F)(F)c1ccc(Cl)cc1)c1ccc2c(c1)CN([C@]1(B)C(=O)NC(=O)C(B)(B)C1(B)B)C2=O. The van der Waals surface area contributed by atoms with Gasteiger partial charge in [-0.15, -0.1) is 0 Å². The molecule has 2 N–H and O–H groups in total. The lowest BCUT2D eigenvalue weighted by atomic mass is 9.21. The molecule has 0 radical (unpaired) electrons. The molecule has 2 aromatic carbocycles. The second-order valence-corrected chi connectivity index (χ2v) is 12.5. The maximum atomic E-state index is 14.9. The van der Waals surface area contributed by atoms with Crippen LogP contribution in [0.15, 0.2) is 42.5 Å². The van der Waals surface area contributed by atoms with Crippen molar-refractivity contribution in [2.45, 2.75) is 33.7 Å². The molecule has 0 spiro atoms. The van der Waals surface area contributed by atoms with E-state index in [9.17, 15) is 28.0 Å². The first kappa shape index (κ1) is 29.1. The Hall–Kier alpha value is -2.88. The number of rotatable bonds is 5. The van der Waals surface area contributed by atoms with Gasteiger partial charge in [-0.25, -0.2) is 0 Å². The molecule has 2 aromatic rings. The van der Waals surface area contributed by atoms with Gasteiger partial charge in [0.05, 0.1) is 5.44 Å². The zero-order chi connectivity index (χ0) is 29.3. The average Bonchev–Trinajstić information content (AvgIpc) is 3.18. The van der Waals surface area contributed by atoms with E-state index in [0.29, 0.717) is 16.7 Å². The van der Waals surface area contributed by atoms with Crippen molar-refractivity contribution in [2.24, 2.45) is 0 Å². The minimum Gasteiger partial charge on any atom is -0.357 e. The van der Waals surface area contributed by atoms with Crippen molar-refractivity contribution in [1.29, 1.82) is 0 Å². The number of benzene rings is 2. The highest BCUT2D eigenvalue weighted by Crippen LogP contribution is 2.55. The highest BCUT2D eigenvalue weighted by atomic mass is 35.5. The predicted octanol–water partition coefficient (Wildman–Crippen LogP) is -4.67. The van der Waals surface area contributed by atoms with Crippen LogP contribution in [0.3, 0.4) is 0 Å². The molecule has 4 amide bonds. The Morgan fingerprint density at radius 1 is 0.949 bits per heavy atom. The Kier molecular flexibility index (Phi) is 6.78. The number of carbonyl (C=O) groups excluding carboxylic acids is 4. The molecule has 1 fully saturated rings. The summed E-state index contributed by atoms with van der Waals surface area (Å²) in [5.41, 5.74) is -0.385. The Labute approximate surface area is 236 Å². The number of fused-ring (bicyclic) bond motifs is 1. The first-order valence-electron chi connectivity index (χ1n) is 12.6. The predicted molar refractivity (Wildman–Crippen MR) is 163 cm³/mol. The van der Waals surface area contributed by atoms with Crippen molar-refractivity contribution in [3.8, 4) is 0 Å². The second-order valence-electron chi connectivity index (χ2n) is 12.0. The van der Waals surface area contributed by atoms with Crippen LogP contribution in [0.5, 0.6) is 0 Å². The monoisotopic (exact) mass is 545 g/mol. The summed E-state index contributed by atoms with van der Waals surface area (Å²) >= 11 is 5.79. The summed E-state index contributed by atoms with van der Waals surface area (Å²) < 4.78 is 29.9. The molecule has 2 heterocycles. The Balaban J connectivity index is 1.63. The van der Waals surface area contributed by atoms with Gasteiger partial charge in [-0.05, 0) is 34.5 Å². The molecular weight excluding hydrogens is 519 g/mol. The fourth-order valence-corrected chi connectivity index (χ4v) is 5.44. The number of alkyl halides is 2. The van der Waals surface area contributed by atoms with Crippen molar-refractivity contribution in [3.05, 3.63) is 69.7 Å². The molecule has 4 rings (SSSR count). The lowest BCUT2D eigenvalue weighted by molar-refractivity contribution is -0.147. The lowest BCUT2D eigenvalue weighted by Gasteiger charge is -2.59. The van der Waals surface area contributed by atoms with Crippen LogP contribution in [0.1, 0.15) is 27.0 Å². The number of imide groups is 1. The molecule has 0 aliphatic carbocycles. The third kappa shape index (κ3) is 4.26. The van der Waals surface area contributed by atoms with Gasteiger partial charge in [-0.1, -0.05) is 41.1 Å². The van der Waals surface area contributed by atoms with Crippen LogP contribution >= 0.6 is 11.6 Å². The molecule has 194 valence electrons. The standard InChI is InChI=1S/C22H25B7ClF2N3O4/c23-19(24)16(38)33-17(39)20(25,22(19,28)29)35-8-9-7-11(3-6-13(9)14(35)36)21(26,27)34-15(37)18(31,32)10-1-4-12(30)5-2-10/h1-7H,8,23-29H2,(H,34,37)(H,33,38,39)/t20-/m1/s1. The summed E-state index contributed by atoms with van der Waals surface area (Å²) in [4.78, 5) is 53.6. The van der Waals surface area contributed by atoms with E-state index in [1.165, 1.54) is 17.0 Å². The third-order valence-corrected chi connectivity index (χ3v) is 9.36. The molecule has 1 atom stereocenters. The molecule has 0 saturated carbocycles. The summed E-state index contributed by atoms with van der Waals surface area (Å²) in [6, 6.07) is 9.64. The molecule has 1 saturated heterocycles. The summed E-state index contributed by atoms with van der Waals surface area (Å²) in [5.74, 6) is -6.62. The van der Waals surface area contributed by atoms with Gasteiger partial charge in [0.25, 0.3) is 11.8 Å². The van der Waals surface area contributed by atoms with Gasteiger partial charge in [0, 0.05) is 28.0 Å². The summed E-state index contributed by atoms with van der Waals surface area (Å²) in [5, 5.41) is 2.01. The first-order chi connectivity index (χ1) is 17.8. The number of nitrogens with one attached hydrogen (secondary N) is 2. The van der Waals surface area contributed by atoms with Crippen LogP contribution in [0, 0.1) is 0 Å². The van der Waals surface area contributed by atoms with Crippen molar-refractivity contribution in [3.63, 3.8) is 0 Å². The third-order valence-electron chi connectivity index (χ3n) is 9.11. The van der Waals surface area contributed by atoms with Gasteiger partial charge >= 0.3 is 5.92 Å². The number of piperidine rings is 1. The normalized spacial score (nSPS) is 22.2. The van der Waals surface area contributed by atoms with E-state index in [1.807, 2.05) is 0 Å². The Morgan fingerprint density at radius 3 is 2.10 bits per heavy atom. The quantitative estimate of drug-likeness (QED) is 0.293. The van der Waals surface area contributed by atoms with E-state index in [1.54, 1.807) is 73.1 Å². The maximum Gasteiger partial charge on any atom is 0.349 e. The summed E-state index contributed by atoms with van der Waals surface area (Å²) in [7, 11) is 11.9. The molecule has 17 heteroatoms. The van der Waals surface area contributed by atoms with E-state index in [-0.39, 0.29) is 17.5 Å². The van der Waals surface area contributed by atoms with Gasteiger partial charge in [0.2, 0.25) is 11.8 Å². The van der Waals surface area contributed by atoms with Gasteiger partial charge in [0.15, 0.2) is 0 Å². The van der Waals surface area contributed by atoms with E-state index >= 15 is 0 Å². The Bertz CT molecular complexity index is 1420. The molecule has 2 aliphatic heterocycles. The smallest absolute Gasteiger partial charge is 0.349 e. The van der Waals surface area contributed by atoms with Gasteiger partial charge in [0.1, 0.15) is 54.9 Å². The van der Waals surface area contributed by atoms with E-state index in [4.69, 9.17) is 11.6 Å². The van der Waals surface area contributed by atoms with Crippen LogP contribution in [-0.2, 0) is 32.2 Å². The highest BCUT2D eigenvalue weighted by molar-refractivity contribution is 6.66. The van der Waals surface area contributed by atoms with Crippen molar-refractivity contribution in [2.75, 3.05) is 0 Å². The molecule has 0 aromatic heterocycles. The van der Waals surface area contributed by atoms with Crippen LogP contribution in [-0.4, -0.2) is 88.9 Å². The zero-order valence-corrected chi connectivity index (χ0v) is 23.7. The molecule has 2 aliphatic rings. The van der Waals surface area contributed by atoms with E-state index < -0.39 is 50.4 Å². The number of carbonyl (C=O) groups is 4. The van der Waals surface area contributed by atoms with Gasteiger partial charge in [-0.2, -0.15) is 8.78 Å². The first-order valence-corrected chi connectivity index (χ1v) is 12.9. The average molecular weight is 545 g/mol. The minimum atomic E-state index is -3.80. The number of amides is 4. The van der Waals surface area contributed by atoms with Gasteiger partial charge < -0.3 is 10.2 Å². The number of nitrogens with zero attached hydrogens (tertiary/aromatic N) is 1. The zero-order valence-electron chi connectivity index (χ0n) is 23.0. The van der Waals surface area contributed by atoms with Gasteiger partial charge in [-0.3, -0.25) is 24.5 Å². The minimum absolute atomic E-state index is 0.0740. The van der Waals surface area contributed by atoms with Crippen molar-refractivity contribution >= 4 is 90.2 Å². The molecule has 0 bridgehead atoms. The second kappa shape index (κ2) is 9.08. The number of halogens is 3.